The van der Waals surface area contributed by atoms with E-state index in [1.54, 1.807) is 24.3 Å². The highest BCUT2D eigenvalue weighted by Crippen LogP contribution is 2.40. The maximum Gasteiger partial charge on any atom is 0.295 e. The molecule has 2 atom stereocenters. The van der Waals surface area contributed by atoms with Crippen LogP contribution in [0.2, 0.25) is 0 Å². The molecule has 0 spiro atoms. The van der Waals surface area contributed by atoms with Crippen LogP contribution in [0.25, 0.3) is 5.76 Å². The Labute approximate surface area is 174 Å². The summed E-state index contributed by atoms with van der Waals surface area (Å²) in [6, 6.07) is 12.1. The number of rotatable bonds is 5. The highest BCUT2D eigenvalue weighted by molar-refractivity contribution is 6.46. The van der Waals surface area contributed by atoms with Gasteiger partial charge in [0.05, 0.1) is 17.7 Å². The smallest absolute Gasteiger partial charge is 0.295 e. The third-order valence-electron chi connectivity index (χ3n) is 5.79. The molecule has 2 fully saturated rings. The van der Waals surface area contributed by atoms with Crippen LogP contribution < -0.4 is 0 Å². The molecule has 6 heteroatoms. The van der Waals surface area contributed by atoms with Crippen LogP contribution >= 0.6 is 0 Å². The van der Waals surface area contributed by atoms with Gasteiger partial charge >= 0.3 is 0 Å². The molecule has 1 N–H and O–H groups in total. The fraction of sp³-hybridized carbons (Fsp3) is 0.333. The average Bonchev–Trinajstić information content (AvgIpc) is 3.36. The lowest BCUT2D eigenvalue weighted by atomic mass is 9.94. The quantitative estimate of drug-likeness (QED) is 0.461. The minimum atomic E-state index is -0.791. The van der Waals surface area contributed by atoms with Gasteiger partial charge < -0.3 is 14.7 Å². The number of likely N-dealkylation sites (tertiary alicyclic amines) is 1. The number of hydrogen-bond acceptors (Lipinski definition) is 4. The van der Waals surface area contributed by atoms with E-state index in [1.165, 1.54) is 17.0 Å². The fourth-order valence-corrected chi connectivity index (χ4v) is 4.12. The SMILES string of the molecule is CCc1ccc(/C(O)=C2/C(=O)C(=O)N(CC3CCCO3)C2c2ccc(F)cc2)cc1. The van der Waals surface area contributed by atoms with Crippen molar-refractivity contribution in [3.05, 3.63) is 76.6 Å². The molecular weight excluding hydrogens is 385 g/mol. The number of hydrogen-bond donors (Lipinski definition) is 1. The lowest BCUT2D eigenvalue weighted by molar-refractivity contribution is -0.140. The largest absolute Gasteiger partial charge is 0.507 e. The second-order valence-electron chi connectivity index (χ2n) is 7.69. The van der Waals surface area contributed by atoms with Crippen molar-refractivity contribution < 1.29 is 23.8 Å². The predicted octanol–water partition coefficient (Wildman–Crippen LogP) is 3.99. The first-order valence-electron chi connectivity index (χ1n) is 10.2. The molecule has 1 amide bonds. The molecule has 0 bridgehead atoms. The van der Waals surface area contributed by atoms with Crippen LogP contribution in [0.15, 0.2) is 54.1 Å². The average molecular weight is 409 g/mol. The number of carbonyl (C=O) groups is 2. The standard InChI is InChI=1S/C24H24FNO4/c1-2-15-5-7-17(8-6-15)22(27)20-21(16-9-11-18(25)12-10-16)26(24(29)23(20)28)14-19-4-3-13-30-19/h5-12,19,21,27H,2-4,13-14H2,1H3/b22-20-. The Morgan fingerprint density at radius 2 is 1.83 bits per heavy atom. The topological polar surface area (TPSA) is 66.8 Å². The Morgan fingerprint density at radius 3 is 2.43 bits per heavy atom. The van der Waals surface area contributed by atoms with Crippen molar-refractivity contribution in [2.75, 3.05) is 13.2 Å². The highest BCUT2D eigenvalue weighted by Gasteiger charge is 2.47. The second-order valence-corrected chi connectivity index (χ2v) is 7.69. The van der Waals surface area contributed by atoms with Crippen molar-refractivity contribution in [2.24, 2.45) is 0 Å². The summed E-state index contributed by atoms with van der Waals surface area (Å²) in [5.74, 6) is -2.05. The van der Waals surface area contributed by atoms with Crippen molar-refractivity contribution in [3.63, 3.8) is 0 Å². The van der Waals surface area contributed by atoms with E-state index in [0.29, 0.717) is 17.7 Å². The number of ketones is 1. The first-order valence-corrected chi connectivity index (χ1v) is 10.2. The van der Waals surface area contributed by atoms with E-state index in [2.05, 4.69) is 0 Å². The van der Waals surface area contributed by atoms with Crippen molar-refractivity contribution in [3.8, 4) is 0 Å². The van der Waals surface area contributed by atoms with Crippen molar-refractivity contribution >= 4 is 17.4 Å². The maximum absolute atomic E-state index is 13.5. The Bertz CT molecular complexity index is 975. The summed E-state index contributed by atoms with van der Waals surface area (Å²) in [6.07, 6.45) is 2.40. The number of carbonyl (C=O) groups excluding carboxylic acids is 2. The van der Waals surface area contributed by atoms with E-state index in [-0.39, 0.29) is 24.0 Å². The number of aryl methyl sites for hydroxylation is 1. The number of benzene rings is 2. The molecule has 2 aromatic carbocycles. The molecule has 4 rings (SSSR count). The number of halogens is 1. The highest BCUT2D eigenvalue weighted by atomic mass is 19.1. The van der Waals surface area contributed by atoms with Crippen molar-refractivity contribution in [1.82, 2.24) is 4.90 Å². The number of ether oxygens (including phenoxy) is 1. The molecule has 0 saturated carbocycles. The molecule has 0 aromatic heterocycles. The van der Waals surface area contributed by atoms with Crippen LogP contribution in [-0.2, 0) is 20.7 Å². The first kappa shape index (κ1) is 20.3. The van der Waals surface area contributed by atoms with Gasteiger partial charge in [-0.1, -0.05) is 43.3 Å². The van der Waals surface area contributed by atoms with Gasteiger partial charge in [-0.3, -0.25) is 9.59 Å². The molecule has 2 aliphatic rings. The summed E-state index contributed by atoms with van der Waals surface area (Å²) >= 11 is 0. The summed E-state index contributed by atoms with van der Waals surface area (Å²) in [5.41, 5.74) is 2.16. The second kappa shape index (κ2) is 8.40. The summed E-state index contributed by atoms with van der Waals surface area (Å²) in [5, 5.41) is 11.0. The van der Waals surface area contributed by atoms with Crippen LogP contribution in [0.5, 0.6) is 0 Å². The van der Waals surface area contributed by atoms with Gasteiger partial charge in [0.1, 0.15) is 11.6 Å². The Kier molecular flexibility index (Phi) is 5.68. The van der Waals surface area contributed by atoms with Crippen LogP contribution in [0.4, 0.5) is 4.39 Å². The van der Waals surface area contributed by atoms with Crippen LogP contribution in [0, 0.1) is 5.82 Å². The number of aliphatic hydroxyl groups excluding tert-OH is 1. The normalized spacial score (nSPS) is 23.3. The molecular formula is C24H24FNO4. The summed E-state index contributed by atoms with van der Waals surface area (Å²) in [6.45, 7) is 2.90. The van der Waals surface area contributed by atoms with E-state index in [9.17, 15) is 19.1 Å². The Morgan fingerprint density at radius 1 is 1.13 bits per heavy atom. The summed E-state index contributed by atoms with van der Waals surface area (Å²) in [7, 11) is 0. The van der Waals surface area contributed by atoms with Gasteiger partial charge in [0.25, 0.3) is 11.7 Å². The fourth-order valence-electron chi connectivity index (χ4n) is 4.12. The monoisotopic (exact) mass is 409 g/mol. The van der Waals surface area contributed by atoms with Crippen LogP contribution in [0.3, 0.4) is 0 Å². The number of aliphatic hydroxyl groups is 1. The van der Waals surface area contributed by atoms with Gasteiger partial charge in [-0.2, -0.15) is 0 Å². The van der Waals surface area contributed by atoms with Gasteiger partial charge in [0, 0.05) is 18.7 Å². The Balaban J connectivity index is 1.80. The summed E-state index contributed by atoms with van der Waals surface area (Å²) in [4.78, 5) is 27.3. The maximum atomic E-state index is 13.5. The summed E-state index contributed by atoms with van der Waals surface area (Å²) < 4.78 is 19.2. The third kappa shape index (κ3) is 3.75. The number of amides is 1. The third-order valence-corrected chi connectivity index (χ3v) is 5.79. The first-order chi connectivity index (χ1) is 14.5. The molecule has 30 heavy (non-hydrogen) atoms. The van der Waals surface area contributed by atoms with Crippen LogP contribution in [-0.4, -0.2) is 41.0 Å². The molecule has 2 unspecified atom stereocenters. The van der Waals surface area contributed by atoms with Gasteiger partial charge in [0.15, 0.2) is 0 Å². The predicted molar refractivity (Wildman–Crippen MR) is 110 cm³/mol. The molecule has 2 aromatic rings. The van der Waals surface area contributed by atoms with E-state index >= 15 is 0 Å². The molecule has 156 valence electrons. The van der Waals surface area contributed by atoms with E-state index < -0.39 is 23.5 Å². The molecule has 2 saturated heterocycles. The van der Waals surface area contributed by atoms with Crippen molar-refractivity contribution in [1.29, 1.82) is 0 Å². The van der Waals surface area contributed by atoms with Gasteiger partial charge in [-0.15, -0.1) is 0 Å². The van der Waals surface area contributed by atoms with Crippen molar-refractivity contribution in [2.45, 2.75) is 38.3 Å². The van der Waals surface area contributed by atoms with E-state index in [0.717, 1.165) is 24.8 Å². The molecule has 5 nitrogen and oxygen atoms in total. The minimum Gasteiger partial charge on any atom is -0.507 e. The van der Waals surface area contributed by atoms with Gasteiger partial charge in [-0.25, -0.2) is 4.39 Å². The molecule has 0 aliphatic carbocycles. The van der Waals surface area contributed by atoms with Crippen LogP contribution in [0.1, 0.15) is 42.5 Å². The van der Waals surface area contributed by atoms with E-state index in [4.69, 9.17) is 4.74 Å². The Hall–Kier alpha value is -2.99. The zero-order chi connectivity index (χ0) is 21.3. The minimum absolute atomic E-state index is 0.0221. The zero-order valence-electron chi connectivity index (χ0n) is 16.8. The molecule has 2 aliphatic heterocycles. The molecule has 0 radical (unpaired) electrons. The molecule has 2 heterocycles. The zero-order valence-corrected chi connectivity index (χ0v) is 16.8. The lowest BCUT2D eigenvalue weighted by Gasteiger charge is -2.27. The van der Waals surface area contributed by atoms with Gasteiger partial charge in [-0.05, 0) is 42.5 Å². The number of nitrogens with zero attached hydrogens (tertiary/aromatic N) is 1. The lowest BCUT2D eigenvalue weighted by Crippen LogP contribution is -2.36. The van der Waals surface area contributed by atoms with Gasteiger partial charge in [0.2, 0.25) is 0 Å². The number of Topliss-reactive ketones (excluding diaryl/α,β-unsaturated/α-hetero) is 1. The van der Waals surface area contributed by atoms with E-state index in [1.807, 2.05) is 19.1 Å².